The zero-order chi connectivity index (χ0) is 23.5. The molecule has 11 nitrogen and oxygen atoms in total. The highest BCUT2D eigenvalue weighted by Crippen LogP contribution is 2.09. The Hall–Kier alpha value is -0.410. The Balaban J connectivity index is -0.000000399. The maximum atomic E-state index is 8.74. The smallest absolute Gasteiger partial charge is 0.394 e. The van der Waals surface area contributed by atoms with Crippen LogP contribution in [0.5, 0.6) is 0 Å². The minimum absolute atomic E-state index is 0.0108. The van der Waals surface area contributed by atoms with E-state index in [9.17, 15) is 0 Å². The Morgan fingerprint density at radius 3 is 1.03 bits per heavy atom. The number of aliphatic hydroxyl groups excluding tert-OH is 3. The number of unbranched alkanes of at least 4 members (excludes halogenated alkanes) is 9. The summed E-state index contributed by atoms with van der Waals surface area (Å²) in [6.07, 6.45) is 14.4. The van der Waals surface area contributed by atoms with Gasteiger partial charge in [0.2, 0.25) is 0 Å². The molecule has 12 heteroatoms. The fraction of sp³-hybridized carbons (Fsp3) is 1.00. The molecule has 0 spiro atoms. The van der Waals surface area contributed by atoms with Crippen molar-refractivity contribution in [1.82, 2.24) is 5.39 Å². The Kier molecular flexibility index (Phi) is 32.6. The number of hydrogen-bond donors (Lipinski definition) is 5. The summed E-state index contributed by atoms with van der Waals surface area (Å²) >= 11 is 0. The van der Waals surface area contributed by atoms with Gasteiger partial charge in [-0.05, 0) is 0 Å². The number of hydrogen-bond acceptors (Lipinski definition) is 9. The molecule has 0 amide bonds. The zero-order valence-electron chi connectivity index (χ0n) is 18.4. The van der Waals surface area contributed by atoms with Crippen LogP contribution >= 0.6 is 0 Å². The summed E-state index contributed by atoms with van der Waals surface area (Å²) in [5.41, 5.74) is 0. The lowest BCUT2D eigenvalue weighted by atomic mass is 10.1. The van der Waals surface area contributed by atoms with Gasteiger partial charge in [0.15, 0.2) is 0 Å². The summed E-state index contributed by atoms with van der Waals surface area (Å²) in [6.45, 7) is 4.05. The molecule has 0 saturated carbocycles. The van der Waals surface area contributed by atoms with Gasteiger partial charge in [-0.2, -0.15) is 8.42 Å². The third kappa shape index (κ3) is 46.0. The molecule has 0 aromatic rings. The Labute approximate surface area is 181 Å². The monoisotopic (exact) mass is 465 g/mol. The molecule has 5 N–H and O–H groups in total. The molecule has 0 aromatic heterocycles. The van der Waals surface area contributed by atoms with Gasteiger partial charge in [-0.25, -0.2) is 14.5 Å². The quantitative estimate of drug-likeness (QED) is 0.114. The van der Waals surface area contributed by atoms with E-state index in [4.69, 9.17) is 47.4 Å². The van der Waals surface area contributed by atoms with Gasteiger partial charge in [-0.1, -0.05) is 78.1 Å². The van der Waals surface area contributed by atoms with Crippen molar-refractivity contribution >= 4 is 10.4 Å². The van der Waals surface area contributed by atoms with Gasteiger partial charge in [0, 0.05) is 0 Å². The van der Waals surface area contributed by atoms with Crippen molar-refractivity contribution < 1.29 is 47.4 Å². The van der Waals surface area contributed by atoms with Gasteiger partial charge in [0.25, 0.3) is 0 Å². The van der Waals surface area contributed by atoms with Gasteiger partial charge in [-0.15, -0.1) is 0 Å². The summed E-state index contributed by atoms with van der Waals surface area (Å²) in [5, 5.41) is 25.9. The average molecular weight is 466 g/mol. The average Bonchev–Trinajstić information content (AvgIpc) is 2.69. The van der Waals surface area contributed by atoms with Gasteiger partial charge in [-0.3, -0.25) is 9.11 Å². The van der Waals surface area contributed by atoms with Crippen LogP contribution in [0, 0.1) is 0 Å². The van der Waals surface area contributed by atoms with Gasteiger partial charge in [0.1, 0.15) is 0 Å². The number of aliphatic hydroxyl groups is 3. The second kappa shape index (κ2) is 28.6. The van der Waals surface area contributed by atoms with E-state index in [0.29, 0.717) is 5.39 Å². The topological polar surface area (TPSA) is 166 Å². The molecule has 186 valence electrons. The summed E-state index contributed by atoms with van der Waals surface area (Å²) < 4.78 is 31.6. The molecule has 0 aromatic carbocycles. The first-order chi connectivity index (χ1) is 14.3. The van der Waals surface area contributed by atoms with Crippen LogP contribution in [0.15, 0.2) is 0 Å². The maximum Gasteiger partial charge on any atom is 0.394 e. The van der Waals surface area contributed by atoms with Gasteiger partial charge in [0.05, 0.1) is 45.0 Å². The van der Waals surface area contributed by atoms with Crippen LogP contribution in [0.1, 0.15) is 78.1 Å². The summed E-state index contributed by atoms with van der Waals surface area (Å²) in [5.74, 6) is 0. The molecule has 0 saturated heterocycles. The fourth-order valence-corrected chi connectivity index (χ4v) is 2.02. The lowest BCUT2D eigenvalue weighted by Gasteiger charge is -2.17. The van der Waals surface area contributed by atoms with Crippen LogP contribution in [0.4, 0.5) is 0 Å². The molecule has 0 heterocycles. The zero-order valence-corrected chi connectivity index (χ0v) is 19.3. The van der Waals surface area contributed by atoms with E-state index in [1.165, 1.54) is 64.2 Å². The minimum Gasteiger partial charge on any atom is -0.394 e. The molecule has 0 unspecified atom stereocenters. The molecule has 0 rings (SSSR count). The second-order valence-corrected chi connectivity index (χ2v) is 7.07. The lowest BCUT2D eigenvalue weighted by molar-refractivity contribution is -0.527. The molecule has 0 atom stereocenters. The highest BCUT2D eigenvalue weighted by molar-refractivity contribution is 7.79. The number of rotatable bonds is 18. The predicted octanol–water partition coefficient (Wildman–Crippen LogP) is 2.33. The van der Waals surface area contributed by atoms with Gasteiger partial charge >= 0.3 is 10.4 Å². The van der Waals surface area contributed by atoms with Crippen LogP contribution in [0.2, 0.25) is 0 Å². The first kappa shape index (κ1) is 34.2. The highest BCUT2D eigenvalue weighted by atomic mass is 32.3. The molecule has 0 aliphatic heterocycles. The fourth-order valence-electron chi connectivity index (χ4n) is 2.02. The molecule has 0 aliphatic carbocycles. The predicted molar refractivity (Wildman–Crippen MR) is 113 cm³/mol. The van der Waals surface area contributed by atoms with Crippen LogP contribution in [-0.4, -0.2) is 77.9 Å². The third-order valence-corrected chi connectivity index (χ3v) is 3.32. The molecule has 0 fully saturated rings. The van der Waals surface area contributed by atoms with E-state index in [0.717, 1.165) is 0 Å². The first-order valence-corrected chi connectivity index (χ1v) is 11.9. The minimum atomic E-state index is -4.67. The van der Waals surface area contributed by atoms with Crippen molar-refractivity contribution in [3.63, 3.8) is 0 Å². The van der Waals surface area contributed by atoms with E-state index >= 15 is 0 Å². The van der Waals surface area contributed by atoms with E-state index < -0.39 is 10.4 Å². The summed E-state index contributed by atoms with van der Waals surface area (Å²) in [4.78, 5) is 14.1. The van der Waals surface area contributed by atoms with Crippen molar-refractivity contribution in [1.29, 1.82) is 0 Å². The first-order valence-electron chi connectivity index (χ1n) is 10.5. The highest BCUT2D eigenvalue weighted by Gasteiger charge is 2.05. The molecule has 0 aliphatic rings. The molecular weight excluding hydrogens is 422 g/mol. The third-order valence-electron chi connectivity index (χ3n) is 3.32. The van der Waals surface area contributed by atoms with Crippen molar-refractivity contribution in [3.05, 3.63) is 0 Å². The van der Waals surface area contributed by atoms with Crippen LogP contribution < -0.4 is 0 Å². The van der Waals surface area contributed by atoms with E-state index in [2.05, 4.69) is 13.8 Å². The van der Waals surface area contributed by atoms with Gasteiger partial charge < -0.3 is 15.3 Å². The molecule has 30 heavy (non-hydrogen) atoms. The van der Waals surface area contributed by atoms with E-state index in [1.807, 2.05) is 0 Å². The lowest BCUT2D eigenvalue weighted by Crippen LogP contribution is -2.28. The summed E-state index contributed by atoms with van der Waals surface area (Å²) in [7, 11) is -4.67. The SMILES string of the molecule is CCCCCCCCCCCC.O=S(=O)(O)O.OCCON(OCCO)OCCO. The normalized spacial score (nSPS) is 10.9. The molecule has 0 radical (unpaired) electrons. The number of nitrogens with zero attached hydrogens (tertiary/aromatic N) is 1. The molecular formula is C18H43NO10S. The van der Waals surface area contributed by atoms with Crippen LogP contribution in [-0.2, 0) is 24.9 Å². The van der Waals surface area contributed by atoms with Crippen molar-refractivity contribution in [2.75, 3.05) is 39.6 Å². The second-order valence-electron chi connectivity index (χ2n) is 6.17. The van der Waals surface area contributed by atoms with Crippen molar-refractivity contribution in [2.45, 2.75) is 78.1 Å². The van der Waals surface area contributed by atoms with Crippen LogP contribution in [0.3, 0.4) is 0 Å². The standard InChI is InChI=1S/C12H26.C6H15NO6.H2O4S/c1-3-5-7-9-11-12-10-8-6-4-2;8-1-4-11-7(12-5-2-9)13-6-3-10;1-5(2,3)4/h3-12H2,1-2H3;8-10H,1-6H2;(H2,1,2,3,4). The molecule has 0 bridgehead atoms. The summed E-state index contributed by atoms with van der Waals surface area (Å²) in [6, 6.07) is 0. The Morgan fingerprint density at radius 2 is 0.833 bits per heavy atom. The van der Waals surface area contributed by atoms with Crippen molar-refractivity contribution in [3.8, 4) is 0 Å². The largest absolute Gasteiger partial charge is 0.394 e. The maximum absolute atomic E-state index is 8.74. The Bertz CT molecular complexity index is 361. The van der Waals surface area contributed by atoms with Crippen molar-refractivity contribution in [2.24, 2.45) is 0 Å². The van der Waals surface area contributed by atoms with Crippen LogP contribution in [0.25, 0.3) is 0 Å². The Morgan fingerprint density at radius 1 is 0.600 bits per heavy atom. The van der Waals surface area contributed by atoms with E-state index in [1.54, 1.807) is 0 Å². The van der Waals surface area contributed by atoms with E-state index in [-0.39, 0.29) is 39.6 Å².